The predicted octanol–water partition coefficient (Wildman–Crippen LogP) is 3.94. The van der Waals surface area contributed by atoms with Crippen molar-refractivity contribution >= 4 is 27.5 Å². The zero-order valence-electron chi connectivity index (χ0n) is 15.4. The molecular weight excluding hydrogens is 364 g/mol. The molecule has 3 aromatic rings. The van der Waals surface area contributed by atoms with E-state index in [0.717, 1.165) is 35.4 Å². The summed E-state index contributed by atoms with van der Waals surface area (Å²) >= 11 is 1.59. The standard InChI is InChI=1S/C20H22N2O4S/c1-11-5-7-14-15(10-11)27-20-17(14)19(24)21-18(22-20)12(2)26-16(23)8-6-13-4-3-9-25-13/h3-4,9,11-12H,5-8,10H2,1-2H3,(H,21,22,24)/t11-,12-/m1/s1. The minimum Gasteiger partial charge on any atom is -0.469 e. The summed E-state index contributed by atoms with van der Waals surface area (Å²) in [5.74, 6) is 1.43. The lowest BCUT2D eigenvalue weighted by atomic mass is 9.89. The molecule has 1 N–H and O–H groups in total. The molecule has 4 rings (SSSR count). The van der Waals surface area contributed by atoms with Crippen molar-refractivity contribution in [3.8, 4) is 0 Å². The van der Waals surface area contributed by atoms with Crippen LogP contribution in [0.15, 0.2) is 27.6 Å². The highest BCUT2D eigenvalue weighted by Crippen LogP contribution is 2.35. The fraction of sp³-hybridized carbons (Fsp3) is 0.450. The summed E-state index contributed by atoms with van der Waals surface area (Å²) in [6.07, 6.45) is 4.70. The summed E-state index contributed by atoms with van der Waals surface area (Å²) in [4.78, 5) is 34.1. The molecule has 0 unspecified atom stereocenters. The Morgan fingerprint density at radius 1 is 1.52 bits per heavy atom. The van der Waals surface area contributed by atoms with Gasteiger partial charge in [-0.15, -0.1) is 11.3 Å². The number of aromatic amines is 1. The van der Waals surface area contributed by atoms with Gasteiger partial charge in [0.2, 0.25) is 0 Å². The summed E-state index contributed by atoms with van der Waals surface area (Å²) < 4.78 is 10.7. The van der Waals surface area contributed by atoms with E-state index in [9.17, 15) is 9.59 Å². The second-order valence-electron chi connectivity index (χ2n) is 7.19. The van der Waals surface area contributed by atoms with Crippen molar-refractivity contribution in [2.24, 2.45) is 5.92 Å². The van der Waals surface area contributed by atoms with E-state index < -0.39 is 6.10 Å². The summed E-state index contributed by atoms with van der Waals surface area (Å²) in [5, 5.41) is 0.710. The average molecular weight is 386 g/mol. The van der Waals surface area contributed by atoms with Crippen LogP contribution in [0.4, 0.5) is 0 Å². The van der Waals surface area contributed by atoms with Gasteiger partial charge in [-0.05, 0) is 49.8 Å². The van der Waals surface area contributed by atoms with Crippen LogP contribution in [0.3, 0.4) is 0 Å². The zero-order valence-corrected chi connectivity index (χ0v) is 16.2. The van der Waals surface area contributed by atoms with Crippen molar-refractivity contribution in [1.29, 1.82) is 0 Å². The highest BCUT2D eigenvalue weighted by Gasteiger charge is 2.24. The van der Waals surface area contributed by atoms with Crippen molar-refractivity contribution in [3.05, 3.63) is 50.8 Å². The number of furan rings is 1. The molecule has 2 atom stereocenters. The van der Waals surface area contributed by atoms with Crippen molar-refractivity contribution in [2.75, 3.05) is 0 Å². The molecule has 0 saturated heterocycles. The third-order valence-corrected chi connectivity index (χ3v) is 6.18. The number of thiophene rings is 1. The third kappa shape index (κ3) is 3.69. The fourth-order valence-corrected chi connectivity index (χ4v) is 4.94. The molecule has 6 nitrogen and oxygen atoms in total. The van der Waals surface area contributed by atoms with Gasteiger partial charge in [-0.3, -0.25) is 9.59 Å². The largest absolute Gasteiger partial charge is 0.469 e. The number of H-pyrrole nitrogens is 1. The predicted molar refractivity (Wildman–Crippen MR) is 103 cm³/mol. The number of aromatic nitrogens is 2. The van der Waals surface area contributed by atoms with E-state index in [1.54, 1.807) is 30.6 Å². The maximum absolute atomic E-state index is 12.6. The summed E-state index contributed by atoms with van der Waals surface area (Å²) in [7, 11) is 0. The van der Waals surface area contributed by atoms with E-state index in [4.69, 9.17) is 9.15 Å². The van der Waals surface area contributed by atoms with Crippen LogP contribution in [0.25, 0.3) is 10.2 Å². The Hall–Kier alpha value is -2.41. The van der Waals surface area contributed by atoms with E-state index in [1.165, 1.54) is 4.88 Å². The van der Waals surface area contributed by atoms with E-state index in [2.05, 4.69) is 16.9 Å². The Bertz CT molecular complexity index is 1020. The first-order valence-corrected chi connectivity index (χ1v) is 10.1. The lowest BCUT2D eigenvalue weighted by Gasteiger charge is -2.17. The Kier molecular flexibility index (Phi) is 4.86. The Morgan fingerprint density at radius 2 is 2.37 bits per heavy atom. The first-order chi connectivity index (χ1) is 13.0. The van der Waals surface area contributed by atoms with E-state index in [0.29, 0.717) is 23.5 Å². The number of hydrogen-bond donors (Lipinski definition) is 1. The van der Waals surface area contributed by atoms with Gasteiger partial charge < -0.3 is 14.1 Å². The number of ether oxygens (including phenoxy) is 1. The second kappa shape index (κ2) is 7.31. The van der Waals surface area contributed by atoms with Gasteiger partial charge in [0.25, 0.3) is 5.56 Å². The molecule has 0 amide bonds. The van der Waals surface area contributed by atoms with Gasteiger partial charge in [-0.2, -0.15) is 0 Å². The van der Waals surface area contributed by atoms with Gasteiger partial charge in [0.15, 0.2) is 11.9 Å². The fourth-order valence-electron chi connectivity index (χ4n) is 3.55. The molecule has 0 aliphatic heterocycles. The Balaban J connectivity index is 1.51. The molecule has 0 aromatic carbocycles. The van der Waals surface area contributed by atoms with Gasteiger partial charge in [0, 0.05) is 11.3 Å². The zero-order chi connectivity index (χ0) is 19.0. The normalized spacial score (nSPS) is 17.6. The molecule has 0 fully saturated rings. The smallest absolute Gasteiger partial charge is 0.306 e. The number of esters is 1. The topological polar surface area (TPSA) is 85.2 Å². The van der Waals surface area contributed by atoms with E-state index in [-0.39, 0.29) is 17.9 Å². The Labute approximate surface area is 160 Å². The SMILES string of the molecule is C[C@@H]1CCc2c(sc3nc([C@@H](C)OC(=O)CCc4ccco4)[nH]c(=O)c23)C1. The van der Waals surface area contributed by atoms with E-state index >= 15 is 0 Å². The second-order valence-corrected chi connectivity index (χ2v) is 8.28. The minimum atomic E-state index is -0.607. The first-order valence-electron chi connectivity index (χ1n) is 9.27. The van der Waals surface area contributed by atoms with Crippen LogP contribution < -0.4 is 5.56 Å². The number of rotatable bonds is 5. The number of aryl methyl sites for hydroxylation is 2. The van der Waals surface area contributed by atoms with Crippen LogP contribution in [-0.2, 0) is 28.8 Å². The molecule has 0 radical (unpaired) electrons. The molecule has 0 bridgehead atoms. The summed E-state index contributed by atoms with van der Waals surface area (Å²) in [5.41, 5.74) is 1.01. The van der Waals surface area contributed by atoms with Crippen molar-refractivity contribution in [1.82, 2.24) is 9.97 Å². The highest BCUT2D eigenvalue weighted by molar-refractivity contribution is 7.18. The number of hydrogen-bond acceptors (Lipinski definition) is 6. The number of nitrogens with one attached hydrogen (secondary N) is 1. The minimum absolute atomic E-state index is 0.138. The summed E-state index contributed by atoms with van der Waals surface area (Å²) in [6.45, 7) is 3.96. The molecule has 7 heteroatoms. The van der Waals surface area contributed by atoms with E-state index in [1.807, 2.05) is 6.07 Å². The Morgan fingerprint density at radius 3 is 3.15 bits per heavy atom. The number of fused-ring (bicyclic) bond motifs is 3. The van der Waals surface area contributed by atoms with Gasteiger partial charge in [0.05, 0.1) is 18.1 Å². The van der Waals surface area contributed by atoms with Crippen molar-refractivity contribution < 1.29 is 13.9 Å². The quantitative estimate of drug-likeness (QED) is 0.671. The molecule has 0 spiro atoms. The van der Waals surface area contributed by atoms with Crippen molar-refractivity contribution in [2.45, 2.75) is 52.1 Å². The molecular formula is C20H22N2O4S. The van der Waals surface area contributed by atoms with Gasteiger partial charge in [-0.1, -0.05) is 6.92 Å². The molecule has 3 heterocycles. The summed E-state index contributed by atoms with van der Waals surface area (Å²) in [6, 6.07) is 3.61. The van der Waals surface area contributed by atoms with Crippen LogP contribution in [0.2, 0.25) is 0 Å². The van der Waals surface area contributed by atoms with Gasteiger partial charge in [-0.25, -0.2) is 4.98 Å². The van der Waals surface area contributed by atoms with Crippen LogP contribution in [0.1, 0.15) is 54.8 Å². The number of carbonyl (C=O) groups is 1. The van der Waals surface area contributed by atoms with Crippen molar-refractivity contribution in [3.63, 3.8) is 0 Å². The first kappa shape index (κ1) is 18.0. The van der Waals surface area contributed by atoms with Crippen LogP contribution in [0.5, 0.6) is 0 Å². The number of nitrogens with zero attached hydrogens (tertiary/aromatic N) is 1. The molecule has 142 valence electrons. The molecule has 1 aliphatic rings. The maximum Gasteiger partial charge on any atom is 0.306 e. The lowest BCUT2D eigenvalue weighted by Crippen LogP contribution is -2.18. The third-order valence-electron chi connectivity index (χ3n) is 5.03. The molecule has 27 heavy (non-hydrogen) atoms. The average Bonchev–Trinajstić information content (AvgIpc) is 3.26. The molecule has 0 saturated carbocycles. The molecule has 3 aromatic heterocycles. The number of carbonyl (C=O) groups excluding carboxylic acids is 1. The maximum atomic E-state index is 12.6. The van der Waals surface area contributed by atoms with Crippen LogP contribution >= 0.6 is 11.3 Å². The highest BCUT2D eigenvalue weighted by atomic mass is 32.1. The van der Waals surface area contributed by atoms with Gasteiger partial charge >= 0.3 is 5.97 Å². The van der Waals surface area contributed by atoms with Crippen LogP contribution in [0, 0.1) is 5.92 Å². The van der Waals surface area contributed by atoms with Crippen LogP contribution in [-0.4, -0.2) is 15.9 Å². The molecule has 1 aliphatic carbocycles. The van der Waals surface area contributed by atoms with Gasteiger partial charge in [0.1, 0.15) is 10.6 Å². The lowest BCUT2D eigenvalue weighted by molar-refractivity contribution is -0.149. The monoisotopic (exact) mass is 386 g/mol.